The highest BCUT2D eigenvalue weighted by atomic mass is 16.3. The molecule has 2 rings (SSSR count). The molecule has 1 aliphatic rings. The van der Waals surface area contributed by atoms with Crippen LogP contribution in [0.2, 0.25) is 0 Å². The van der Waals surface area contributed by atoms with Gasteiger partial charge in [0.1, 0.15) is 0 Å². The number of rotatable bonds is 5. The van der Waals surface area contributed by atoms with Gasteiger partial charge in [-0.15, -0.1) is 0 Å². The van der Waals surface area contributed by atoms with Gasteiger partial charge in [0.05, 0.1) is 12.1 Å². The lowest BCUT2D eigenvalue weighted by Crippen LogP contribution is -2.43. The maximum atomic E-state index is 12.2. The molecule has 1 saturated heterocycles. The van der Waals surface area contributed by atoms with E-state index in [2.05, 4.69) is 4.98 Å². The SMILES string of the molecule is CN(C)C[C@@]1(O)CCN(C(=O)CCc2cccnc2)C1. The summed E-state index contributed by atoms with van der Waals surface area (Å²) >= 11 is 0. The summed E-state index contributed by atoms with van der Waals surface area (Å²) in [4.78, 5) is 20.0. The maximum Gasteiger partial charge on any atom is 0.223 e. The van der Waals surface area contributed by atoms with E-state index < -0.39 is 5.60 Å². The zero-order valence-electron chi connectivity index (χ0n) is 12.2. The van der Waals surface area contributed by atoms with Crippen LogP contribution in [-0.4, -0.2) is 65.1 Å². The summed E-state index contributed by atoms with van der Waals surface area (Å²) in [5, 5.41) is 10.4. The first-order valence-corrected chi connectivity index (χ1v) is 7.02. The van der Waals surface area contributed by atoms with E-state index in [1.807, 2.05) is 31.1 Å². The number of amides is 1. The molecule has 20 heavy (non-hydrogen) atoms. The van der Waals surface area contributed by atoms with E-state index in [0.717, 1.165) is 5.56 Å². The number of carbonyl (C=O) groups excluding carboxylic acids is 1. The number of likely N-dealkylation sites (tertiary alicyclic amines) is 1. The van der Waals surface area contributed by atoms with Gasteiger partial charge in [0.2, 0.25) is 5.91 Å². The number of hydrogen-bond donors (Lipinski definition) is 1. The van der Waals surface area contributed by atoms with Crippen LogP contribution in [0.25, 0.3) is 0 Å². The molecule has 0 aromatic carbocycles. The minimum Gasteiger partial charge on any atom is -0.387 e. The van der Waals surface area contributed by atoms with Crippen molar-refractivity contribution in [3.63, 3.8) is 0 Å². The van der Waals surface area contributed by atoms with Crippen molar-refractivity contribution in [1.29, 1.82) is 0 Å². The molecule has 5 nitrogen and oxygen atoms in total. The second-order valence-electron chi connectivity index (χ2n) is 5.89. The monoisotopic (exact) mass is 277 g/mol. The van der Waals surface area contributed by atoms with E-state index >= 15 is 0 Å². The van der Waals surface area contributed by atoms with Crippen molar-refractivity contribution < 1.29 is 9.90 Å². The van der Waals surface area contributed by atoms with Crippen LogP contribution in [0, 0.1) is 0 Å². The predicted octanol–water partition coefficient (Wildman–Crippen LogP) is 0.539. The molecule has 1 N–H and O–H groups in total. The van der Waals surface area contributed by atoms with Gasteiger partial charge < -0.3 is 14.9 Å². The molecular weight excluding hydrogens is 254 g/mol. The van der Waals surface area contributed by atoms with Crippen LogP contribution < -0.4 is 0 Å². The fourth-order valence-electron chi connectivity index (χ4n) is 2.74. The molecule has 0 bridgehead atoms. The van der Waals surface area contributed by atoms with Crippen molar-refractivity contribution in [3.05, 3.63) is 30.1 Å². The molecule has 1 atom stereocenters. The third-order valence-electron chi connectivity index (χ3n) is 3.65. The topological polar surface area (TPSA) is 56.7 Å². The number of β-amino-alcohol motifs (C(OH)–C–C–N with tert-alkyl or cyclic N) is 1. The van der Waals surface area contributed by atoms with E-state index in [-0.39, 0.29) is 5.91 Å². The van der Waals surface area contributed by atoms with Gasteiger partial charge in [-0.1, -0.05) is 6.07 Å². The number of aryl methyl sites for hydroxylation is 1. The standard InChI is InChI=1S/C15H23N3O2/c1-17(2)11-15(20)7-9-18(12-15)14(19)6-5-13-4-3-8-16-10-13/h3-4,8,10,20H,5-7,9,11-12H2,1-2H3/t15-/m0/s1. The lowest BCUT2D eigenvalue weighted by Gasteiger charge is -2.26. The molecule has 110 valence electrons. The van der Waals surface area contributed by atoms with Crippen LogP contribution in [0.1, 0.15) is 18.4 Å². The van der Waals surface area contributed by atoms with E-state index in [1.54, 1.807) is 17.3 Å². The summed E-state index contributed by atoms with van der Waals surface area (Å²) in [6.45, 7) is 1.69. The second-order valence-corrected chi connectivity index (χ2v) is 5.89. The zero-order chi connectivity index (χ0) is 14.6. The van der Waals surface area contributed by atoms with E-state index in [9.17, 15) is 9.90 Å². The second kappa shape index (κ2) is 6.33. The Morgan fingerprint density at radius 2 is 2.35 bits per heavy atom. The lowest BCUT2D eigenvalue weighted by atomic mass is 10.0. The Kier molecular flexibility index (Phi) is 4.73. The van der Waals surface area contributed by atoms with Gasteiger partial charge in [0.25, 0.3) is 0 Å². The Morgan fingerprint density at radius 3 is 3.00 bits per heavy atom. The average molecular weight is 277 g/mol. The number of aromatic nitrogens is 1. The minimum atomic E-state index is -0.756. The van der Waals surface area contributed by atoms with Crippen molar-refractivity contribution in [1.82, 2.24) is 14.8 Å². The number of nitrogens with zero attached hydrogens (tertiary/aromatic N) is 3. The fraction of sp³-hybridized carbons (Fsp3) is 0.600. The molecule has 0 saturated carbocycles. The van der Waals surface area contributed by atoms with Gasteiger partial charge in [-0.2, -0.15) is 0 Å². The number of likely N-dealkylation sites (N-methyl/N-ethyl adjacent to an activating group) is 1. The molecule has 2 heterocycles. The van der Waals surface area contributed by atoms with Gasteiger partial charge >= 0.3 is 0 Å². The largest absolute Gasteiger partial charge is 0.387 e. The van der Waals surface area contributed by atoms with Gasteiger partial charge in [0.15, 0.2) is 0 Å². The summed E-state index contributed by atoms with van der Waals surface area (Å²) in [5.74, 6) is 0.114. The van der Waals surface area contributed by atoms with Crippen molar-refractivity contribution in [2.75, 3.05) is 33.7 Å². The molecule has 0 radical (unpaired) electrons. The van der Waals surface area contributed by atoms with Crippen LogP contribution in [0.5, 0.6) is 0 Å². The van der Waals surface area contributed by atoms with Crippen LogP contribution >= 0.6 is 0 Å². The van der Waals surface area contributed by atoms with Gasteiger partial charge in [-0.05, 0) is 38.6 Å². The third kappa shape index (κ3) is 4.02. The molecule has 5 heteroatoms. The normalized spacial score (nSPS) is 22.5. The first-order valence-electron chi connectivity index (χ1n) is 7.02. The van der Waals surface area contributed by atoms with E-state index in [0.29, 0.717) is 38.9 Å². The molecule has 0 unspecified atom stereocenters. The fourth-order valence-corrected chi connectivity index (χ4v) is 2.74. The number of pyridine rings is 1. The number of carbonyl (C=O) groups is 1. The molecule has 1 aromatic heterocycles. The minimum absolute atomic E-state index is 0.114. The van der Waals surface area contributed by atoms with Crippen LogP contribution in [0.4, 0.5) is 0 Å². The van der Waals surface area contributed by atoms with Gasteiger partial charge in [0, 0.05) is 31.9 Å². The van der Waals surface area contributed by atoms with E-state index in [1.165, 1.54) is 0 Å². The Morgan fingerprint density at radius 1 is 1.55 bits per heavy atom. The molecule has 1 aromatic rings. The summed E-state index contributed by atoms with van der Waals surface area (Å²) in [5.41, 5.74) is 0.316. The Hall–Kier alpha value is -1.46. The van der Waals surface area contributed by atoms with E-state index in [4.69, 9.17) is 0 Å². The van der Waals surface area contributed by atoms with Gasteiger partial charge in [-0.3, -0.25) is 9.78 Å². The molecule has 1 fully saturated rings. The van der Waals surface area contributed by atoms with Gasteiger partial charge in [-0.25, -0.2) is 0 Å². The van der Waals surface area contributed by atoms with Crippen molar-refractivity contribution in [2.24, 2.45) is 0 Å². The molecule has 1 amide bonds. The molecule has 0 aliphatic carbocycles. The third-order valence-corrected chi connectivity index (χ3v) is 3.65. The lowest BCUT2D eigenvalue weighted by molar-refractivity contribution is -0.131. The number of hydrogen-bond acceptors (Lipinski definition) is 4. The van der Waals surface area contributed by atoms with Crippen LogP contribution in [0.15, 0.2) is 24.5 Å². The summed E-state index contributed by atoms with van der Waals surface area (Å²) in [6, 6.07) is 3.86. The molecule has 0 spiro atoms. The van der Waals surface area contributed by atoms with Crippen molar-refractivity contribution in [3.8, 4) is 0 Å². The van der Waals surface area contributed by atoms with Crippen molar-refractivity contribution in [2.45, 2.75) is 24.9 Å². The Balaban J connectivity index is 1.82. The Bertz CT molecular complexity index is 450. The summed E-state index contributed by atoms with van der Waals surface area (Å²) < 4.78 is 0. The molecule has 1 aliphatic heterocycles. The van der Waals surface area contributed by atoms with Crippen molar-refractivity contribution >= 4 is 5.91 Å². The summed E-state index contributed by atoms with van der Waals surface area (Å²) in [6.07, 6.45) is 5.36. The molecular formula is C15H23N3O2. The summed E-state index contributed by atoms with van der Waals surface area (Å²) in [7, 11) is 3.87. The first-order chi connectivity index (χ1) is 9.48. The highest BCUT2D eigenvalue weighted by Gasteiger charge is 2.38. The average Bonchev–Trinajstić information content (AvgIpc) is 2.78. The quantitative estimate of drug-likeness (QED) is 0.853. The zero-order valence-corrected chi connectivity index (χ0v) is 12.2. The predicted molar refractivity (Wildman–Crippen MR) is 77.3 cm³/mol. The Labute approximate surface area is 120 Å². The first kappa shape index (κ1) is 14.9. The van der Waals surface area contributed by atoms with Crippen LogP contribution in [0.3, 0.4) is 0 Å². The maximum absolute atomic E-state index is 12.2. The highest BCUT2D eigenvalue weighted by Crippen LogP contribution is 2.22. The number of aliphatic hydroxyl groups is 1. The van der Waals surface area contributed by atoms with Crippen LogP contribution in [-0.2, 0) is 11.2 Å². The smallest absolute Gasteiger partial charge is 0.223 e. The highest BCUT2D eigenvalue weighted by molar-refractivity contribution is 5.76.